The van der Waals surface area contributed by atoms with E-state index in [1.165, 1.54) is 0 Å². The number of nitrogens with zero attached hydrogens (tertiary/aromatic N) is 7. The minimum atomic E-state index is 0.499. The zero-order valence-electron chi connectivity index (χ0n) is 13.2. The number of aromatic nitrogens is 4. The van der Waals surface area contributed by atoms with Crippen molar-refractivity contribution in [2.24, 2.45) is 0 Å². The van der Waals surface area contributed by atoms with Crippen LogP contribution < -0.4 is 4.90 Å². The molecule has 0 aliphatic carbocycles. The Bertz CT molecular complexity index is 754. The van der Waals surface area contributed by atoms with Gasteiger partial charge in [0.15, 0.2) is 0 Å². The highest BCUT2D eigenvalue weighted by molar-refractivity contribution is 5.55. The third-order valence-electron chi connectivity index (χ3n) is 4.76. The third-order valence-corrected chi connectivity index (χ3v) is 4.76. The van der Waals surface area contributed by atoms with Crippen molar-refractivity contribution in [1.29, 1.82) is 5.26 Å². The molecule has 0 unspecified atom stereocenters. The van der Waals surface area contributed by atoms with Crippen molar-refractivity contribution in [3.8, 4) is 6.07 Å². The Morgan fingerprint density at radius 1 is 1.30 bits per heavy atom. The van der Waals surface area contributed by atoms with Gasteiger partial charge in [-0.1, -0.05) is 6.92 Å². The lowest BCUT2D eigenvalue weighted by atomic mass is 10.1. The molecule has 2 aliphatic heterocycles. The van der Waals surface area contributed by atoms with Crippen molar-refractivity contribution >= 4 is 5.82 Å². The summed E-state index contributed by atoms with van der Waals surface area (Å²) in [5, 5.41) is 17.8. The summed E-state index contributed by atoms with van der Waals surface area (Å²) in [4.78, 5) is 9.01. The average molecular weight is 309 g/mol. The summed E-state index contributed by atoms with van der Waals surface area (Å²) < 4.78 is 2.25. The second kappa shape index (κ2) is 5.63. The first-order valence-electron chi connectivity index (χ1n) is 8.05. The Labute approximate surface area is 135 Å². The van der Waals surface area contributed by atoms with Gasteiger partial charge < -0.3 is 9.47 Å². The minimum absolute atomic E-state index is 0.499. The highest BCUT2D eigenvalue weighted by atomic mass is 15.4. The van der Waals surface area contributed by atoms with Gasteiger partial charge >= 0.3 is 0 Å². The summed E-state index contributed by atoms with van der Waals surface area (Å²) >= 11 is 0. The molecular weight excluding hydrogens is 290 g/mol. The second-order valence-electron chi connectivity index (χ2n) is 6.05. The Morgan fingerprint density at radius 2 is 2.17 bits per heavy atom. The molecule has 23 heavy (non-hydrogen) atoms. The molecule has 1 saturated heterocycles. The average Bonchev–Trinajstić information content (AvgIpc) is 2.96. The number of aryl methyl sites for hydroxylation is 1. The molecular formula is C16H19N7. The van der Waals surface area contributed by atoms with E-state index >= 15 is 0 Å². The largest absolute Gasteiger partial charge is 0.352 e. The summed E-state index contributed by atoms with van der Waals surface area (Å²) in [6.45, 7) is 6.81. The molecule has 0 bridgehead atoms. The molecule has 0 amide bonds. The Morgan fingerprint density at radius 3 is 2.96 bits per heavy atom. The van der Waals surface area contributed by atoms with Crippen LogP contribution in [0.5, 0.6) is 0 Å². The number of hydrogen-bond acceptors (Lipinski definition) is 6. The molecule has 0 spiro atoms. The number of nitriles is 1. The van der Waals surface area contributed by atoms with E-state index in [1.807, 2.05) is 12.1 Å². The van der Waals surface area contributed by atoms with E-state index < -0.39 is 0 Å². The van der Waals surface area contributed by atoms with E-state index in [2.05, 4.69) is 42.5 Å². The van der Waals surface area contributed by atoms with Gasteiger partial charge in [-0.3, -0.25) is 4.90 Å². The molecule has 0 atom stereocenters. The summed E-state index contributed by atoms with van der Waals surface area (Å²) in [5.74, 6) is 2.96. The lowest BCUT2D eigenvalue weighted by Crippen LogP contribution is -2.61. The number of anilines is 1. The molecule has 118 valence electrons. The van der Waals surface area contributed by atoms with Gasteiger partial charge in [-0.15, -0.1) is 10.2 Å². The first kappa shape index (κ1) is 14.2. The zero-order chi connectivity index (χ0) is 15.8. The van der Waals surface area contributed by atoms with Crippen LogP contribution in [0, 0.1) is 11.3 Å². The van der Waals surface area contributed by atoms with E-state index in [9.17, 15) is 5.26 Å². The van der Waals surface area contributed by atoms with Crippen LogP contribution in [0.15, 0.2) is 18.3 Å². The quantitative estimate of drug-likeness (QED) is 0.835. The van der Waals surface area contributed by atoms with Crippen molar-refractivity contribution in [3.05, 3.63) is 35.5 Å². The second-order valence-corrected chi connectivity index (χ2v) is 6.05. The van der Waals surface area contributed by atoms with Crippen LogP contribution in [0.3, 0.4) is 0 Å². The maximum atomic E-state index is 9.19. The van der Waals surface area contributed by atoms with Crippen LogP contribution in [0.25, 0.3) is 0 Å². The fourth-order valence-corrected chi connectivity index (χ4v) is 3.41. The number of fused-ring (bicyclic) bond motifs is 1. The van der Waals surface area contributed by atoms with Crippen LogP contribution in [-0.2, 0) is 19.5 Å². The SMILES string of the molecule is CCc1nnc2n1CCN(C1CN(c3ncccc3C#N)C1)C2. The summed E-state index contributed by atoms with van der Waals surface area (Å²) in [7, 11) is 0. The highest BCUT2D eigenvalue weighted by Crippen LogP contribution is 2.26. The fourth-order valence-electron chi connectivity index (χ4n) is 3.41. The lowest BCUT2D eigenvalue weighted by Gasteiger charge is -2.47. The van der Waals surface area contributed by atoms with E-state index in [1.54, 1.807) is 6.20 Å². The van der Waals surface area contributed by atoms with Crippen LogP contribution >= 0.6 is 0 Å². The molecule has 1 fully saturated rings. The van der Waals surface area contributed by atoms with E-state index in [4.69, 9.17) is 0 Å². The number of hydrogen-bond donors (Lipinski definition) is 0. The van der Waals surface area contributed by atoms with Crippen LogP contribution in [-0.4, -0.2) is 50.3 Å². The van der Waals surface area contributed by atoms with E-state index in [-0.39, 0.29) is 0 Å². The highest BCUT2D eigenvalue weighted by Gasteiger charge is 2.35. The molecule has 4 heterocycles. The summed E-state index contributed by atoms with van der Waals surface area (Å²) in [6, 6.07) is 6.35. The monoisotopic (exact) mass is 309 g/mol. The van der Waals surface area contributed by atoms with Gasteiger partial charge in [0, 0.05) is 44.8 Å². The summed E-state index contributed by atoms with van der Waals surface area (Å²) in [5.41, 5.74) is 0.650. The maximum absolute atomic E-state index is 9.19. The van der Waals surface area contributed by atoms with Gasteiger partial charge in [0.2, 0.25) is 0 Å². The molecule has 0 radical (unpaired) electrons. The fraction of sp³-hybridized carbons (Fsp3) is 0.500. The third kappa shape index (κ3) is 2.35. The number of pyridine rings is 1. The first-order chi connectivity index (χ1) is 11.3. The van der Waals surface area contributed by atoms with Gasteiger partial charge in [-0.2, -0.15) is 5.26 Å². The minimum Gasteiger partial charge on any atom is -0.352 e. The van der Waals surface area contributed by atoms with Gasteiger partial charge in [-0.25, -0.2) is 4.98 Å². The van der Waals surface area contributed by atoms with Crippen molar-refractivity contribution in [2.45, 2.75) is 32.5 Å². The topological polar surface area (TPSA) is 73.9 Å². The van der Waals surface area contributed by atoms with Gasteiger partial charge in [0.1, 0.15) is 23.5 Å². The van der Waals surface area contributed by atoms with Gasteiger partial charge in [-0.05, 0) is 12.1 Å². The molecule has 7 nitrogen and oxygen atoms in total. The molecule has 0 aromatic carbocycles. The smallest absolute Gasteiger partial charge is 0.147 e. The lowest BCUT2D eigenvalue weighted by molar-refractivity contribution is 0.127. The van der Waals surface area contributed by atoms with Crippen LogP contribution in [0.4, 0.5) is 5.82 Å². The zero-order valence-corrected chi connectivity index (χ0v) is 13.2. The van der Waals surface area contributed by atoms with Crippen molar-refractivity contribution in [2.75, 3.05) is 24.5 Å². The summed E-state index contributed by atoms with van der Waals surface area (Å²) in [6.07, 6.45) is 2.68. The molecule has 0 N–H and O–H groups in total. The standard InChI is InChI=1S/C16H19N7/c1-2-14-19-20-15-11-21(6-7-23(14)15)13-9-22(10-13)16-12(8-17)4-3-5-18-16/h3-5,13H,2,6-7,9-11H2,1H3. The van der Waals surface area contributed by atoms with Gasteiger partial charge in [0.25, 0.3) is 0 Å². The van der Waals surface area contributed by atoms with Gasteiger partial charge in [0.05, 0.1) is 12.1 Å². The van der Waals surface area contributed by atoms with E-state index in [0.29, 0.717) is 11.6 Å². The normalized spacial score (nSPS) is 18.3. The first-order valence-corrected chi connectivity index (χ1v) is 8.05. The molecule has 2 aromatic rings. The Kier molecular flexibility index (Phi) is 3.46. The van der Waals surface area contributed by atoms with Crippen molar-refractivity contribution in [3.63, 3.8) is 0 Å². The predicted molar refractivity (Wildman–Crippen MR) is 84.8 cm³/mol. The maximum Gasteiger partial charge on any atom is 0.147 e. The van der Waals surface area contributed by atoms with Crippen molar-refractivity contribution in [1.82, 2.24) is 24.6 Å². The molecule has 4 rings (SSSR count). The molecule has 2 aliphatic rings. The van der Waals surface area contributed by atoms with E-state index in [0.717, 1.165) is 56.6 Å². The molecule has 7 heteroatoms. The molecule has 0 saturated carbocycles. The molecule has 2 aromatic heterocycles. The predicted octanol–water partition coefficient (Wildman–Crippen LogP) is 0.812. The Hall–Kier alpha value is -2.46. The van der Waals surface area contributed by atoms with Crippen LogP contribution in [0.2, 0.25) is 0 Å². The number of rotatable bonds is 3. The van der Waals surface area contributed by atoms with Crippen molar-refractivity contribution < 1.29 is 0 Å². The van der Waals surface area contributed by atoms with Crippen LogP contribution in [0.1, 0.15) is 24.1 Å². The Balaban J connectivity index is 1.42.